The number of benzene rings is 1. The summed E-state index contributed by atoms with van der Waals surface area (Å²) in [4.78, 5) is 29.3. The van der Waals surface area contributed by atoms with E-state index in [-0.39, 0.29) is 23.3 Å². The van der Waals surface area contributed by atoms with E-state index in [2.05, 4.69) is 15.4 Å². The number of rotatable bonds is 4. The van der Waals surface area contributed by atoms with Crippen LogP contribution in [-0.2, 0) is 18.4 Å². The van der Waals surface area contributed by atoms with Crippen LogP contribution in [0.25, 0.3) is 11.0 Å². The summed E-state index contributed by atoms with van der Waals surface area (Å²) in [5, 5.41) is 7.31. The van der Waals surface area contributed by atoms with Crippen molar-refractivity contribution in [1.29, 1.82) is 0 Å². The molecular formula is C20H20Cl2N4O2. The van der Waals surface area contributed by atoms with Crippen LogP contribution in [-0.4, -0.2) is 20.7 Å². The number of H-pyrrole nitrogens is 1. The van der Waals surface area contributed by atoms with Gasteiger partial charge in [0, 0.05) is 25.2 Å². The molecule has 8 heteroatoms. The third-order valence-electron chi connectivity index (χ3n) is 5.51. The molecule has 0 saturated heterocycles. The number of carbonyl (C=O) groups is 1. The molecule has 4 rings (SSSR count). The summed E-state index contributed by atoms with van der Waals surface area (Å²) >= 11 is 12.0. The van der Waals surface area contributed by atoms with E-state index in [9.17, 15) is 9.59 Å². The Labute approximate surface area is 171 Å². The number of carbonyl (C=O) groups excluding carboxylic acids is 1. The van der Waals surface area contributed by atoms with E-state index in [0.717, 1.165) is 28.8 Å². The number of halogens is 2. The molecule has 6 nitrogen and oxygen atoms in total. The highest BCUT2D eigenvalue weighted by Gasteiger charge is 2.44. The van der Waals surface area contributed by atoms with Gasteiger partial charge in [0.05, 0.1) is 15.4 Å². The monoisotopic (exact) mass is 418 g/mol. The highest BCUT2D eigenvalue weighted by molar-refractivity contribution is 6.42. The first-order valence-corrected chi connectivity index (χ1v) is 9.81. The molecular weight excluding hydrogens is 399 g/mol. The van der Waals surface area contributed by atoms with Crippen LogP contribution >= 0.6 is 23.2 Å². The van der Waals surface area contributed by atoms with Crippen LogP contribution in [0.5, 0.6) is 0 Å². The zero-order valence-electron chi connectivity index (χ0n) is 15.8. The van der Waals surface area contributed by atoms with E-state index in [1.807, 2.05) is 26.0 Å². The molecule has 2 N–H and O–H groups in total. The van der Waals surface area contributed by atoms with E-state index in [0.29, 0.717) is 27.6 Å². The van der Waals surface area contributed by atoms with Crippen LogP contribution in [0, 0.1) is 19.8 Å². The second-order valence-corrected chi connectivity index (χ2v) is 8.15. The van der Waals surface area contributed by atoms with Gasteiger partial charge in [0.2, 0.25) is 5.91 Å². The number of nitrogens with one attached hydrogen (secondary N) is 2. The van der Waals surface area contributed by atoms with Gasteiger partial charge in [-0.05, 0) is 55.0 Å². The Hall–Kier alpha value is -2.31. The Bertz CT molecular complexity index is 1170. The molecule has 3 aromatic rings. The predicted molar refractivity (Wildman–Crippen MR) is 110 cm³/mol. The van der Waals surface area contributed by atoms with Crippen LogP contribution in [0.1, 0.15) is 34.7 Å². The largest absolute Gasteiger partial charge is 0.352 e. The first-order valence-electron chi connectivity index (χ1n) is 9.05. The second kappa shape index (κ2) is 6.94. The van der Waals surface area contributed by atoms with Crippen LogP contribution in [0.15, 0.2) is 23.0 Å². The van der Waals surface area contributed by atoms with Crippen molar-refractivity contribution in [2.24, 2.45) is 13.0 Å². The van der Waals surface area contributed by atoms with Gasteiger partial charge >= 0.3 is 0 Å². The second-order valence-electron chi connectivity index (χ2n) is 7.34. The van der Waals surface area contributed by atoms with Gasteiger partial charge in [-0.15, -0.1) is 0 Å². The molecule has 0 bridgehead atoms. The molecule has 1 aromatic carbocycles. The maximum absolute atomic E-state index is 12.6. The summed E-state index contributed by atoms with van der Waals surface area (Å²) in [7, 11) is 1.76. The minimum Gasteiger partial charge on any atom is -0.352 e. The molecule has 2 aromatic heterocycles. The molecule has 2 unspecified atom stereocenters. The SMILES string of the molecule is Cc1nc2c(c(C)c1CNC(=O)C1CC1c1ccc(Cl)c(Cl)c1)c(=O)[nH]n2C. The molecule has 1 amide bonds. The van der Waals surface area contributed by atoms with Gasteiger partial charge in [-0.25, -0.2) is 4.98 Å². The normalized spacial score (nSPS) is 18.5. The lowest BCUT2D eigenvalue weighted by Crippen LogP contribution is -2.26. The number of nitrogens with zero attached hydrogens (tertiary/aromatic N) is 2. The van der Waals surface area contributed by atoms with Crippen molar-refractivity contribution in [3.05, 3.63) is 61.0 Å². The van der Waals surface area contributed by atoms with Crippen molar-refractivity contribution in [3.63, 3.8) is 0 Å². The first-order chi connectivity index (χ1) is 13.3. The summed E-state index contributed by atoms with van der Waals surface area (Å²) in [6.07, 6.45) is 0.789. The van der Waals surface area contributed by atoms with Crippen molar-refractivity contribution < 1.29 is 4.79 Å². The van der Waals surface area contributed by atoms with E-state index in [1.54, 1.807) is 17.8 Å². The Balaban J connectivity index is 1.49. The van der Waals surface area contributed by atoms with Gasteiger partial charge in [-0.1, -0.05) is 29.3 Å². The van der Waals surface area contributed by atoms with Crippen LogP contribution in [0.3, 0.4) is 0 Å². The fraction of sp³-hybridized carbons (Fsp3) is 0.350. The van der Waals surface area contributed by atoms with Gasteiger partial charge < -0.3 is 5.32 Å². The molecule has 1 fully saturated rings. The summed E-state index contributed by atoms with van der Waals surface area (Å²) in [6.45, 7) is 4.13. The Morgan fingerprint density at radius 3 is 2.79 bits per heavy atom. The van der Waals surface area contributed by atoms with Crippen LogP contribution < -0.4 is 10.9 Å². The van der Waals surface area contributed by atoms with Crippen LogP contribution in [0.4, 0.5) is 0 Å². The van der Waals surface area contributed by atoms with E-state index in [1.165, 1.54) is 0 Å². The standard InChI is InChI=1S/C20H20Cl2N4O2/c1-9-14(10(2)24-18-17(9)20(28)25-26(18)3)8-23-19(27)13-7-12(13)11-4-5-15(21)16(22)6-11/h4-6,12-13H,7-8H2,1-3H3,(H,23,27)(H,25,28). The lowest BCUT2D eigenvalue weighted by atomic mass is 10.0. The Kier molecular flexibility index (Phi) is 4.71. The molecule has 1 aliphatic rings. The fourth-order valence-electron chi connectivity index (χ4n) is 3.81. The van der Waals surface area contributed by atoms with Crippen molar-refractivity contribution in [2.75, 3.05) is 0 Å². The van der Waals surface area contributed by atoms with E-state index < -0.39 is 0 Å². The van der Waals surface area contributed by atoms with Gasteiger partial charge in [0.15, 0.2) is 5.65 Å². The van der Waals surface area contributed by atoms with Crippen LogP contribution in [0.2, 0.25) is 10.0 Å². The molecule has 0 radical (unpaired) electrons. The lowest BCUT2D eigenvalue weighted by molar-refractivity contribution is -0.122. The summed E-state index contributed by atoms with van der Waals surface area (Å²) in [5.41, 5.74) is 4.01. The van der Waals surface area contributed by atoms with Gasteiger partial charge in [0.1, 0.15) is 0 Å². The number of hydrogen-bond donors (Lipinski definition) is 2. The van der Waals surface area contributed by atoms with Gasteiger partial charge in [-0.2, -0.15) is 0 Å². The molecule has 2 heterocycles. The molecule has 2 atom stereocenters. The quantitative estimate of drug-likeness (QED) is 0.678. The number of aromatic nitrogens is 3. The fourth-order valence-corrected chi connectivity index (χ4v) is 4.12. The van der Waals surface area contributed by atoms with E-state index in [4.69, 9.17) is 23.2 Å². The molecule has 1 aliphatic carbocycles. The van der Waals surface area contributed by atoms with Gasteiger partial charge in [-0.3, -0.25) is 19.4 Å². The molecule has 0 aliphatic heterocycles. The van der Waals surface area contributed by atoms with Crippen molar-refractivity contribution >= 4 is 40.1 Å². The molecule has 0 spiro atoms. The average molecular weight is 419 g/mol. The zero-order valence-corrected chi connectivity index (χ0v) is 17.3. The van der Waals surface area contributed by atoms with Crippen molar-refractivity contribution in [3.8, 4) is 0 Å². The van der Waals surface area contributed by atoms with Crippen molar-refractivity contribution in [2.45, 2.75) is 32.7 Å². The van der Waals surface area contributed by atoms with Crippen molar-refractivity contribution in [1.82, 2.24) is 20.1 Å². The number of aryl methyl sites for hydroxylation is 3. The summed E-state index contributed by atoms with van der Waals surface area (Å²) in [6, 6.07) is 5.51. The smallest absolute Gasteiger partial charge is 0.273 e. The summed E-state index contributed by atoms with van der Waals surface area (Å²) < 4.78 is 1.62. The maximum Gasteiger partial charge on any atom is 0.273 e. The number of pyridine rings is 1. The number of fused-ring (bicyclic) bond motifs is 1. The highest BCUT2D eigenvalue weighted by atomic mass is 35.5. The molecule has 146 valence electrons. The highest BCUT2D eigenvalue weighted by Crippen LogP contribution is 2.48. The van der Waals surface area contributed by atoms with E-state index >= 15 is 0 Å². The molecule has 28 heavy (non-hydrogen) atoms. The summed E-state index contributed by atoms with van der Waals surface area (Å²) in [5.74, 6) is 0.0844. The zero-order chi connectivity index (χ0) is 20.2. The Morgan fingerprint density at radius 2 is 2.07 bits per heavy atom. The lowest BCUT2D eigenvalue weighted by Gasteiger charge is -2.12. The molecule has 1 saturated carbocycles. The number of hydrogen-bond acceptors (Lipinski definition) is 3. The number of aromatic amines is 1. The van der Waals surface area contributed by atoms with Gasteiger partial charge in [0.25, 0.3) is 5.56 Å². The first kappa shape index (κ1) is 19.0. The minimum absolute atomic E-state index is 0.00283. The third kappa shape index (κ3) is 3.20. The number of amides is 1. The maximum atomic E-state index is 12.6. The predicted octanol–water partition coefficient (Wildman–Crippen LogP) is 3.61. The average Bonchev–Trinajstić information content (AvgIpc) is 3.38. The topological polar surface area (TPSA) is 79.8 Å². The Morgan fingerprint density at radius 1 is 1.32 bits per heavy atom. The minimum atomic E-state index is -0.169. The third-order valence-corrected chi connectivity index (χ3v) is 6.25.